The van der Waals surface area contributed by atoms with E-state index in [1.54, 1.807) is 5.57 Å². The molecule has 4 fully saturated rings. The van der Waals surface area contributed by atoms with Crippen LogP contribution >= 0.6 is 11.8 Å². The van der Waals surface area contributed by atoms with Gasteiger partial charge in [-0.3, -0.25) is 0 Å². The van der Waals surface area contributed by atoms with E-state index in [-0.39, 0.29) is 6.10 Å². The molecule has 1 saturated heterocycles. The summed E-state index contributed by atoms with van der Waals surface area (Å²) in [6.45, 7) is 7.77. The summed E-state index contributed by atoms with van der Waals surface area (Å²) in [5.41, 5.74) is 2.63. The standard InChI is InChI=1S/C22H34OS/c1-20-10-8-15(23)12-14(20)4-5-16-17-6-7-19(22(3)13-24-22)21(17,2)11-9-18(16)20/h4,15-19,23H,5-13H2,1-3H3/t15-,16+,17+,18+,19+,20+,21+,22-/m1/s1. The van der Waals surface area contributed by atoms with Crippen molar-refractivity contribution in [3.05, 3.63) is 11.6 Å². The molecule has 5 aliphatic rings. The largest absolute Gasteiger partial charge is 0.393 e. The maximum atomic E-state index is 10.1. The molecule has 1 aliphatic heterocycles. The van der Waals surface area contributed by atoms with Gasteiger partial charge < -0.3 is 5.11 Å². The quantitative estimate of drug-likeness (QED) is 0.504. The SMILES string of the molecule is C[C@]12CC[C@H]3[C@@H](CC=C4C[C@H](O)CC[C@@]43C)[C@@H]1CC[C@@H]2[C@@]1(C)CS1. The second-order valence-electron chi connectivity index (χ2n) is 10.4. The van der Waals surface area contributed by atoms with Gasteiger partial charge in [0.05, 0.1) is 6.10 Å². The third-order valence-electron chi connectivity index (χ3n) is 9.41. The Morgan fingerprint density at radius 3 is 2.58 bits per heavy atom. The minimum atomic E-state index is -0.0718. The summed E-state index contributed by atoms with van der Waals surface area (Å²) in [6.07, 6.45) is 12.9. The van der Waals surface area contributed by atoms with Gasteiger partial charge in [0.25, 0.3) is 0 Å². The number of thioether (sulfide) groups is 1. The molecule has 24 heavy (non-hydrogen) atoms. The predicted molar refractivity (Wildman–Crippen MR) is 102 cm³/mol. The first-order chi connectivity index (χ1) is 11.4. The molecule has 0 spiro atoms. The average molecular weight is 347 g/mol. The van der Waals surface area contributed by atoms with Gasteiger partial charge in [-0.05, 0) is 92.8 Å². The van der Waals surface area contributed by atoms with E-state index in [1.807, 2.05) is 0 Å². The minimum Gasteiger partial charge on any atom is -0.393 e. The highest BCUT2D eigenvalue weighted by Gasteiger charge is 2.63. The van der Waals surface area contributed by atoms with Crippen LogP contribution in [0.5, 0.6) is 0 Å². The molecule has 134 valence electrons. The molecule has 1 N–H and O–H groups in total. The summed E-state index contributed by atoms with van der Waals surface area (Å²) in [5.74, 6) is 5.15. The van der Waals surface area contributed by atoms with Crippen LogP contribution in [0.1, 0.15) is 72.1 Å². The van der Waals surface area contributed by atoms with E-state index < -0.39 is 0 Å². The van der Waals surface area contributed by atoms with Crippen LogP contribution in [0.4, 0.5) is 0 Å². The monoisotopic (exact) mass is 346 g/mol. The molecule has 2 heteroatoms. The highest BCUT2D eigenvalue weighted by atomic mass is 32.2. The van der Waals surface area contributed by atoms with Crippen molar-refractivity contribution >= 4 is 11.8 Å². The number of hydrogen-bond donors (Lipinski definition) is 1. The van der Waals surface area contributed by atoms with Crippen LogP contribution in [-0.4, -0.2) is 21.7 Å². The lowest BCUT2D eigenvalue weighted by molar-refractivity contribution is -0.0518. The Hall–Kier alpha value is 0.0500. The fourth-order valence-electron chi connectivity index (χ4n) is 7.96. The van der Waals surface area contributed by atoms with Crippen LogP contribution in [0.3, 0.4) is 0 Å². The van der Waals surface area contributed by atoms with Crippen molar-refractivity contribution < 1.29 is 5.11 Å². The normalized spacial score (nSPS) is 59.2. The van der Waals surface area contributed by atoms with Crippen molar-refractivity contribution in [2.75, 3.05) is 5.75 Å². The molecule has 0 unspecified atom stereocenters. The molecule has 8 atom stereocenters. The van der Waals surface area contributed by atoms with Crippen LogP contribution in [0.25, 0.3) is 0 Å². The zero-order valence-electron chi connectivity index (χ0n) is 15.7. The van der Waals surface area contributed by atoms with Crippen LogP contribution in [0.15, 0.2) is 11.6 Å². The number of aliphatic hydroxyl groups is 1. The third kappa shape index (κ3) is 2.05. The molecule has 3 saturated carbocycles. The summed E-state index contributed by atoms with van der Waals surface area (Å²) < 4.78 is 0.616. The number of hydrogen-bond acceptors (Lipinski definition) is 2. The smallest absolute Gasteiger partial charge is 0.0577 e. The Balaban J connectivity index is 1.47. The molecular weight excluding hydrogens is 312 g/mol. The molecule has 0 aromatic rings. The van der Waals surface area contributed by atoms with Gasteiger partial charge in [0.2, 0.25) is 0 Å². The summed E-state index contributed by atoms with van der Waals surface area (Å²) in [6, 6.07) is 0. The zero-order chi connectivity index (χ0) is 16.7. The van der Waals surface area contributed by atoms with Crippen LogP contribution in [-0.2, 0) is 0 Å². The van der Waals surface area contributed by atoms with Crippen molar-refractivity contribution in [2.24, 2.45) is 34.5 Å². The summed E-state index contributed by atoms with van der Waals surface area (Å²) in [5, 5.41) is 10.1. The van der Waals surface area contributed by atoms with Gasteiger partial charge in [-0.2, -0.15) is 11.8 Å². The van der Waals surface area contributed by atoms with E-state index in [2.05, 4.69) is 38.6 Å². The van der Waals surface area contributed by atoms with Crippen molar-refractivity contribution in [1.82, 2.24) is 0 Å². The lowest BCUT2D eigenvalue weighted by Gasteiger charge is -2.58. The molecule has 1 heterocycles. The molecule has 0 radical (unpaired) electrons. The molecule has 0 bridgehead atoms. The molecule has 0 aromatic carbocycles. The predicted octanol–water partition coefficient (Wildman–Crippen LogP) is 5.43. The van der Waals surface area contributed by atoms with E-state index in [4.69, 9.17) is 0 Å². The first kappa shape index (κ1) is 16.2. The molecule has 0 amide bonds. The topological polar surface area (TPSA) is 20.2 Å². The van der Waals surface area contributed by atoms with Crippen molar-refractivity contribution in [1.29, 1.82) is 0 Å². The van der Waals surface area contributed by atoms with Crippen LogP contribution in [0, 0.1) is 34.5 Å². The second kappa shape index (κ2) is 5.06. The van der Waals surface area contributed by atoms with Crippen molar-refractivity contribution in [3.8, 4) is 0 Å². The molecule has 4 aliphatic carbocycles. The Bertz CT molecular complexity index is 579. The van der Waals surface area contributed by atoms with Crippen LogP contribution < -0.4 is 0 Å². The van der Waals surface area contributed by atoms with Gasteiger partial charge in [0.15, 0.2) is 0 Å². The highest BCUT2D eigenvalue weighted by Crippen LogP contribution is 2.71. The maximum absolute atomic E-state index is 10.1. The first-order valence-corrected chi connectivity index (χ1v) is 11.4. The number of allylic oxidation sites excluding steroid dienone is 1. The highest BCUT2D eigenvalue weighted by molar-refractivity contribution is 8.07. The van der Waals surface area contributed by atoms with Gasteiger partial charge >= 0.3 is 0 Å². The van der Waals surface area contributed by atoms with Gasteiger partial charge in [-0.25, -0.2) is 0 Å². The number of rotatable bonds is 1. The maximum Gasteiger partial charge on any atom is 0.0577 e. The fraction of sp³-hybridized carbons (Fsp3) is 0.909. The van der Waals surface area contributed by atoms with Gasteiger partial charge in [0, 0.05) is 10.5 Å². The Morgan fingerprint density at radius 2 is 1.83 bits per heavy atom. The Labute approximate surface area is 152 Å². The summed E-state index contributed by atoms with van der Waals surface area (Å²) >= 11 is 2.23. The minimum absolute atomic E-state index is 0.0718. The van der Waals surface area contributed by atoms with Gasteiger partial charge in [-0.15, -0.1) is 0 Å². The molecular formula is C22H34OS. The number of aliphatic hydroxyl groups excluding tert-OH is 1. The Morgan fingerprint density at radius 1 is 1.04 bits per heavy atom. The molecule has 0 aromatic heterocycles. The van der Waals surface area contributed by atoms with Crippen molar-refractivity contribution in [2.45, 2.75) is 83.0 Å². The first-order valence-electron chi connectivity index (χ1n) is 10.4. The summed E-state index contributed by atoms with van der Waals surface area (Å²) in [4.78, 5) is 0. The van der Waals surface area contributed by atoms with E-state index in [0.29, 0.717) is 15.6 Å². The van der Waals surface area contributed by atoms with E-state index in [0.717, 1.165) is 36.5 Å². The van der Waals surface area contributed by atoms with E-state index in [9.17, 15) is 5.11 Å². The van der Waals surface area contributed by atoms with E-state index in [1.165, 1.54) is 44.3 Å². The third-order valence-corrected chi connectivity index (χ3v) is 10.9. The fourth-order valence-corrected chi connectivity index (χ4v) is 8.98. The van der Waals surface area contributed by atoms with Crippen molar-refractivity contribution in [3.63, 3.8) is 0 Å². The Kier molecular flexibility index (Phi) is 3.43. The van der Waals surface area contributed by atoms with E-state index >= 15 is 0 Å². The molecule has 5 rings (SSSR count). The number of fused-ring (bicyclic) bond motifs is 5. The zero-order valence-corrected chi connectivity index (χ0v) is 16.5. The van der Waals surface area contributed by atoms with Crippen LogP contribution in [0.2, 0.25) is 0 Å². The molecule has 1 nitrogen and oxygen atoms in total. The summed E-state index contributed by atoms with van der Waals surface area (Å²) in [7, 11) is 0. The average Bonchev–Trinajstić information content (AvgIpc) is 3.17. The van der Waals surface area contributed by atoms with Gasteiger partial charge in [0.1, 0.15) is 0 Å². The lowest BCUT2D eigenvalue weighted by atomic mass is 9.47. The van der Waals surface area contributed by atoms with Gasteiger partial charge in [-0.1, -0.05) is 25.5 Å². The lowest BCUT2D eigenvalue weighted by Crippen LogP contribution is -2.51. The second-order valence-corrected chi connectivity index (χ2v) is 11.9.